The first-order chi connectivity index (χ1) is 7.67. The lowest BCUT2D eigenvalue weighted by Gasteiger charge is -2.15. The minimum Gasteiger partial charge on any atom is -0.348 e. The third-order valence-corrected chi connectivity index (χ3v) is 2.51. The van der Waals surface area contributed by atoms with Crippen LogP contribution in [0.4, 0.5) is 0 Å². The van der Waals surface area contributed by atoms with Crippen LogP contribution in [0.3, 0.4) is 0 Å². The lowest BCUT2D eigenvalue weighted by atomic mass is 10.1. The smallest absolute Gasteiger partial charge is 0.271 e. The number of rotatable bonds is 5. The van der Waals surface area contributed by atoms with Crippen LogP contribution >= 0.6 is 11.6 Å². The molecule has 88 valence electrons. The van der Waals surface area contributed by atoms with Gasteiger partial charge in [0, 0.05) is 6.04 Å². The van der Waals surface area contributed by atoms with Crippen LogP contribution in [0, 0.1) is 0 Å². The summed E-state index contributed by atoms with van der Waals surface area (Å²) in [5, 5.41) is 3.21. The molecule has 0 spiro atoms. The number of hydrogen-bond donors (Lipinski definition) is 1. The Morgan fingerprint density at radius 3 is 2.69 bits per heavy atom. The van der Waals surface area contributed by atoms with Crippen LogP contribution in [-0.2, 0) is 0 Å². The number of nitrogens with one attached hydrogen (secondary N) is 1. The van der Waals surface area contributed by atoms with Crippen molar-refractivity contribution in [2.24, 2.45) is 0 Å². The highest BCUT2D eigenvalue weighted by atomic mass is 35.5. The number of amides is 1. The molecule has 0 bridgehead atoms. The van der Waals surface area contributed by atoms with Crippen molar-refractivity contribution in [3.63, 3.8) is 0 Å². The number of hydrogen-bond acceptors (Lipinski definition) is 3. The summed E-state index contributed by atoms with van der Waals surface area (Å²) < 4.78 is 0. The first kappa shape index (κ1) is 12.9. The normalized spacial score (nSPS) is 12.2. The summed E-state index contributed by atoms with van der Waals surface area (Å²) in [4.78, 5) is 19.5. The quantitative estimate of drug-likeness (QED) is 0.862. The maximum absolute atomic E-state index is 11.7. The number of halogens is 1. The van der Waals surface area contributed by atoms with E-state index in [1.807, 2.05) is 6.92 Å². The van der Waals surface area contributed by atoms with Crippen molar-refractivity contribution < 1.29 is 4.79 Å². The highest BCUT2D eigenvalue weighted by molar-refractivity contribution is 6.29. The Hall–Kier alpha value is -1.16. The van der Waals surface area contributed by atoms with Crippen molar-refractivity contribution in [1.82, 2.24) is 15.3 Å². The fourth-order valence-electron chi connectivity index (χ4n) is 1.42. The van der Waals surface area contributed by atoms with Gasteiger partial charge in [0.1, 0.15) is 10.8 Å². The van der Waals surface area contributed by atoms with Gasteiger partial charge in [0.25, 0.3) is 5.91 Å². The van der Waals surface area contributed by atoms with Crippen molar-refractivity contribution in [2.75, 3.05) is 0 Å². The summed E-state index contributed by atoms with van der Waals surface area (Å²) in [6.45, 7) is 4.14. The fourth-order valence-corrected chi connectivity index (χ4v) is 1.51. The first-order valence-corrected chi connectivity index (χ1v) is 5.83. The molecule has 1 unspecified atom stereocenters. The predicted octanol–water partition coefficient (Wildman–Crippen LogP) is 2.44. The molecule has 0 saturated heterocycles. The highest BCUT2D eigenvalue weighted by Gasteiger charge is 2.12. The molecule has 1 aromatic rings. The Kier molecular flexibility index (Phi) is 5.19. The van der Waals surface area contributed by atoms with Crippen LogP contribution in [0.5, 0.6) is 0 Å². The van der Waals surface area contributed by atoms with Crippen LogP contribution in [0.15, 0.2) is 12.4 Å². The Bertz CT molecular complexity index is 340. The van der Waals surface area contributed by atoms with Gasteiger partial charge in [0.15, 0.2) is 0 Å². The number of carbonyl (C=O) groups excluding carboxylic acids is 1. The van der Waals surface area contributed by atoms with Gasteiger partial charge < -0.3 is 5.32 Å². The van der Waals surface area contributed by atoms with Crippen LogP contribution in [0.25, 0.3) is 0 Å². The molecule has 1 atom stereocenters. The second kappa shape index (κ2) is 6.43. The van der Waals surface area contributed by atoms with E-state index in [9.17, 15) is 4.79 Å². The summed E-state index contributed by atoms with van der Waals surface area (Å²) in [7, 11) is 0. The topological polar surface area (TPSA) is 54.9 Å². The summed E-state index contributed by atoms with van der Waals surface area (Å²) in [5.74, 6) is -0.190. The Morgan fingerprint density at radius 1 is 1.44 bits per heavy atom. The number of aromatic nitrogens is 2. The fraction of sp³-hybridized carbons (Fsp3) is 0.545. The second-order valence-corrected chi connectivity index (χ2v) is 3.98. The molecule has 0 aromatic carbocycles. The van der Waals surface area contributed by atoms with E-state index in [1.54, 1.807) is 0 Å². The molecule has 16 heavy (non-hydrogen) atoms. The van der Waals surface area contributed by atoms with E-state index in [2.05, 4.69) is 22.2 Å². The lowest BCUT2D eigenvalue weighted by Crippen LogP contribution is -2.34. The van der Waals surface area contributed by atoms with Crippen LogP contribution < -0.4 is 5.32 Å². The average molecular weight is 242 g/mol. The van der Waals surface area contributed by atoms with Gasteiger partial charge in [-0.3, -0.25) is 4.79 Å². The Morgan fingerprint density at radius 2 is 2.19 bits per heavy atom. The maximum atomic E-state index is 11.7. The standard InChI is InChI=1S/C11H16ClN3O/c1-3-5-8(4-2)15-11(16)9-6-14-10(12)7-13-9/h6-8H,3-5H2,1-2H3,(H,15,16). The van der Waals surface area contributed by atoms with Gasteiger partial charge in [-0.25, -0.2) is 9.97 Å². The van der Waals surface area contributed by atoms with E-state index in [0.717, 1.165) is 19.3 Å². The first-order valence-electron chi connectivity index (χ1n) is 5.45. The Labute approximate surface area is 100 Å². The van der Waals surface area contributed by atoms with Gasteiger partial charge in [-0.15, -0.1) is 0 Å². The van der Waals surface area contributed by atoms with E-state index in [0.29, 0.717) is 5.69 Å². The van der Waals surface area contributed by atoms with Gasteiger partial charge in [-0.1, -0.05) is 31.9 Å². The van der Waals surface area contributed by atoms with Crippen LogP contribution in [-0.4, -0.2) is 21.9 Å². The van der Waals surface area contributed by atoms with E-state index in [-0.39, 0.29) is 17.1 Å². The van der Waals surface area contributed by atoms with Gasteiger partial charge in [0.2, 0.25) is 0 Å². The molecule has 0 aliphatic rings. The molecule has 0 radical (unpaired) electrons. The van der Waals surface area contributed by atoms with Crippen LogP contribution in [0.2, 0.25) is 5.15 Å². The van der Waals surface area contributed by atoms with Crippen LogP contribution in [0.1, 0.15) is 43.6 Å². The SMILES string of the molecule is CCCC(CC)NC(=O)c1cnc(Cl)cn1. The predicted molar refractivity (Wildman–Crippen MR) is 63.5 cm³/mol. The van der Waals surface area contributed by atoms with Crippen molar-refractivity contribution >= 4 is 17.5 Å². The van der Waals surface area contributed by atoms with E-state index >= 15 is 0 Å². The summed E-state index contributed by atoms with van der Waals surface area (Å²) in [5.41, 5.74) is 0.305. The van der Waals surface area contributed by atoms with E-state index < -0.39 is 0 Å². The molecule has 5 heteroatoms. The average Bonchev–Trinajstić information content (AvgIpc) is 2.29. The zero-order valence-corrected chi connectivity index (χ0v) is 10.3. The minimum atomic E-state index is -0.190. The largest absolute Gasteiger partial charge is 0.348 e. The third-order valence-electron chi connectivity index (χ3n) is 2.32. The monoisotopic (exact) mass is 241 g/mol. The molecular weight excluding hydrogens is 226 g/mol. The van der Waals surface area contributed by atoms with Gasteiger partial charge in [0.05, 0.1) is 12.4 Å². The van der Waals surface area contributed by atoms with E-state index in [4.69, 9.17) is 11.6 Å². The van der Waals surface area contributed by atoms with Gasteiger partial charge in [-0.05, 0) is 12.8 Å². The molecule has 1 N–H and O–H groups in total. The lowest BCUT2D eigenvalue weighted by molar-refractivity contribution is 0.0928. The molecule has 1 rings (SSSR count). The van der Waals surface area contributed by atoms with Crippen molar-refractivity contribution in [3.8, 4) is 0 Å². The molecule has 4 nitrogen and oxygen atoms in total. The molecule has 0 saturated carbocycles. The number of carbonyl (C=O) groups is 1. The number of nitrogens with zero attached hydrogens (tertiary/aromatic N) is 2. The Balaban J connectivity index is 2.60. The minimum absolute atomic E-state index is 0.190. The zero-order valence-electron chi connectivity index (χ0n) is 9.53. The summed E-state index contributed by atoms with van der Waals surface area (Å²) in [6.07, 6.45) is 5.70. The zero-order chi connectivity index (χ0) is 12.0. The second-order valence-electron chi connectivity index (χ2n) is 3.59. The molecular formula is C11H16ClN3O. The molecule has 1 aromatic heterocycles. The summed E-state index contributed by atoms with van der Waals surface area (Å²) in [6, 6.07) is 0.204. The molecule has 0 aliphatic carbocycles. The third kappa shape index (κ3) is 3.77. The van der Waals surface area contributed by atoms with E-state index in [1.165, 1.54) is 12.4 Å². The van der Waals surface area contributed by atoms with Crippen molar-refractivity contribution in [3.05, 3.63) is 23.2 Å². The molecule has 1 amide bonds. The summed E-state index contributed by atoms with van der Waals surface area (Å²) >= 11 is 5.59. The van der Waals surface area contributed by atoms with Gasteiger partial charge in [-0.2, -0.15) is 0 Å². The molecule has 0 fully saturated rings. The highest BCUT2D eigenvalue weighted by Crippen LogP contribution is 2.04. The molecule has 0 aliphatic heterocycles. The molecule has 1 heterocycles. The van der Waals surface area contributed by atoms with Crippen molar-refractivity contribution in [1.29, 1.82) is 0 Å². The maximum Gasteiger partial charge on any atom is 0.271 e. The van der Waals surface area contributed by atoms with Crippen molar-refractivity contribution in [2.45, 2.75) is 39.2 Å². The van der Waals surface area contributed by atoms with Gasteiger partial charge >= 0.3 is 0 Å².